The number of hydrogen-bond acceptors (Lipinski definition) is 3. The van der Waals surface area contributed by atoms with Gasteiger partial charge in [-0.3, -0.25) is 0 Å². The summed E-state index contributed by atoms with van der Waals surface area (Å²) < 4.78 is 63.1. The van der Waals surface area contributed by atoms with Gasteiger partial charge in [0.25, 0.3) is 0 Å². The van der Waals surface area contributed by atoms with E-state index in [2.05, 4.69) is 0 Å². The summed E-state index contributed by atoms with van der Waals surface area (Å²) in [5, 5.41) is 20.2. The Labute approximate surface area is 138 Å². The third-order valence-electron chi connectivity index (χ3n) is 7.45. The lowest BCUT2D eigenvalue weighted by atomic mass is 9.58. The molecule has 6 rings (SSSR count). The van der Waals surface area contributed by atoms with Crippen molar-refractivity contribution in [1.29, 1.82) is 0 Å². The topological polar surface area (TPSA) is 49.7 Å². The monoisotopic (exact) mass is 352 g/mol. The molecule has 0 spiro atoms. The molecule has 0 radical (unpaired) electrons. The molecule has 0 aromatic rings. The van der Waals surface area contributed by atoms with Crippen LogP contribution in [0.25, 0.3) is 0 Å². The zero-order valence-electron chi connectivity index (χ0n) is 13.6. The van der Waals surface area contributed by atoms with Crippen LogP contribution in [0.4, 0.5) is 17.6 Å². The number of aliphatic hydroxyl groups is 2. The largest absolute Gasteiger partial charge is 0.390 e. The SMILES string of the molecule is OC12CCC(COC34CCC(O)(CC3)C(F)(F)C4(F)F)(CC1)CC2. The summed E-state index contributed by atoms with van der Waals surface area (Å²) in [5.74, 6) is -8.83. The first-order chi connectivity index (χ1) is 11.0. The van der Waals surface area contributed by atoms with E-state index < -0.39 is 28.6 Å². The van der Waals surface area contributed by atoms with Crippen molar-refractivity contribution in [3.63, 3.8) is 0 Å². The van der Waals surface area contributed by atoms with Gasteiger partial charge in [0.15, 0.2) is 0 Å². The Morgan fingerprint density at radius 3 is 1.67 bits per heavy atom. The van der Waals surface area contributed by atoms with Crippen LogP contribution in [0.1, 0.15) is 64.2 Å². The first-order valence-electron chi connectivity index (χ1n) is 8.84. The molecule has 3 nitrogen and oxygen atoms in total. The van der Waals surface area contributed by atoms with Crippen LogP contribution in [-0.4, -0.2) is 45.5 Å². The van der Waals surface area contributed by atoms with Gasteiger partial charge < -0.3 is 14.9 Å². The molecule has 0 atom stereocenters. The molecule has 7 heteroatoms. The summed E-state index contributed by atoms with van der Waals surface area (Å²) in [4.78, 5) is 0. The molecule has 138 valence electrons. The first kappa shape index (κ1) is 17.0. The smallest absolute Gasteiger partial charge is 0.341 e. The average Bonchev–Trinajstić information content (AvgIpc) is 2.54. The standard InChI is InChI=1S/C17H24F4O3/c18-16(19)14(23)7-9-15(10-8-14,17(16,20)21)24-11-12-1-4-13(22,5-2-12)6-3-12/h22-23H,1-11H2. The molecule has 6 aliphatic rings. The molecule has 0 aromatic carbocycles. The highest BCUT2D eigenvalue weighted by molar-refractivity contribution is 5.21. The van der Waals surface area contributed by atoms with Crippen molar-refractivity contribution in [1.82, 2.24) is 0 Å². The Balaban J connectivity index is 1.54. The Morgan fingerprint density at radius 2 is 1.17 bits per heavy atom. The van der Waals surface area contributed by atoms with E-state index in [0.717, 1.165) is 0 Å². The predicted octanol–water partition coefficient (Wildman–Crippen LogP) is 3.42. The zero-order chi connectivity index (χ0) is 17.5. The molecular formula is C17H24F4O3. The molecule has 0 unspecified atom stereocenters. The minimum Gasteiger partial charge on any atom is -0.390 e. The van der Waals surface area contributed by atoms with E-state index in [1.54, 1.807) is 0 Å². The number of ether oxygens (including phenoxy) is 1. The Morgan fingerprint density at radius 1 is 0.667 bits per heavy atom. The zero-order valence-corrected chi connectivity index (χ0v) is 13.6. The normalized spacial score (nSPS) is 51.8. The Hall–Kier alpha value is -0.400. The predicted molar refractivity (Wildman–Crippen MR) is 77.1 cm³/mol. The average molecular weight is 352 g/mol. The highest BCUT2D eigenvalue weighted by Crippen LogP contribution is 2.64. The molecule has 4 bridgehead atoms. The highest BCUT2D eigenvalue weighted by Gasteiger charge is 2.82. The molecule has 0 aromatic heterocycles. The van der Waals surface area contributed by atoms with Gasteiger partial charge in [0.05, 0.1) is 12.2 Å². The van der Waals surface area contributed by atoms with Crippen LogP contribution in [0.3, 0.4) is 0 Å². The van der Waals surface area contributed by atoms with Gasteiger partial charge in [-0.1, -0.05) is 0 Å². The van der Waals surface area contributed by atoms with Gasteiger partial charge in [-0.15, -0.1) is 0 Å². The van der Waals surface area contributed by atoms with Crippen molar-refractivity contribution >= 4 is 0 Å². The van der Waals surface area contributed by atoms with Gasteiger partial charge in [0.1, 0.15) is 11.2 Å². The summed E-state index contributed by atoms with van der Waals surface area (Å²) >= 11 is 0. The lowest BCUT2D eigenvalue weighted by molar-refractivity contribution is -0.405. The van der Waals surface area contributed by atoms with Crippen LogP contribution < -0.4 is 0 Å². The maximum absolute atomic E-state index is 14.6. The fraction of sp³-hybridized carbons (Fsp3) is 1.00. The van der Waals surface area contributed by atoms with E-state index in [4.69, 9.17) is 4.74 Å². The second-order valence-corrected chi connectivity index (χ2v) is 8.69. The minimum absolute atomic E-state index is 0.0349. The van der Waals surface area contributed by atoms with Crippen LogP contribution >= 0.6 is 0 Å². The van der Waals surface area contributed by atoms with E-state index in [9.17, 15) is 27.8 Å². The summed E-state index contributed by atoms with van der Waals surface area (Å²) in [6.45, 7) is 0.0349. The number of fused-ring (bicyclic) bond motifs is 6. The van der Waals surface area contributed by atoms with E-state index in [-0.39, 0.29) is 37.7 Å². The molecule has 0 heterocycles. The lowest BCUT2D eigenvalue weighted by Crippen LogP contribution is -2.76. The van der Waals surface area contributed by atoms with E-state index >= 15 is 0 Å². The number of hydrogen-bond donors (Lipinski definition) is 2. The van der Waals surface area contributed by atoms with Crippen LogP contribution in [0.15, 0.2) is 0 Å². The van der Waals surface area contributed by atoms with Crippen LogP contribution in [-0.2, 0) is 4.74 Å². The summed E-state index contributed by atoms with van der Waals surface area (Å²) in [7, 11) is 0. The van der Waals surface area contributed by atoms with Gasteiger partial charge in [-0.25, -0.2) is 0 Å². The molecule has 6 fully saturated rings. The van der Waals surface area contributed by atoms with Crippen LogP contribution in [0.5, 0.6) is 0 Å². The molecule has 24 heavy (non-hydrogen) atoms. The Bertz CT molecular complexity index is 515. The van der Waals surface area contributed by atoms with Gasteiger partial charge in [0.2, 0.25) is 0 Å². The van der Waals surface area contributed by atoms with Gasteiger partial charge in [0, 0.05) is 0 Å². The molecule has 2 N–H and O–H groups in total. The van der Waals surface area contributed by atoms with Crippen molar-refractivity contribution in [2.24, 2.45) is 5.41 Å². The maximum atomic E-state index is 14.6. The number of alkyl halides is 4. The highest BCUT2D eigenvalue weighted by atomic mass is 19.3. The van der Waals surface area contributed by atoms with E-state index in [1.807, 2.05) is 0 Å². The Kier molecular flexibility index (Phi) is 3.30. The van der Waals surface area contributed by atoms with Crippen LogP contribution in [0, 0.1) is 5.41 Å². The fourth-order valence-corrected chi connectivity index (χ4v) is 5.26. The molecule has 6 aliphatic carbocycles. The van der Waals surface area contributed by atoms with Crippen LogP contribution in [0.2, 0.25) is 0 Å². The second kappa shape index (κ2) is 4.65. The number of rotatable bonds is 3. The third kappa shape index (κ3) is 1.95. The molecule has 0 saturated heterocycles. The molecule has 0 aliphatic heterocycles. The summed E-state index contributed by atoms with van der Waals surface area (Å²) in [6.07, 6.45) is 2.71. The summed E-state index contributed by atoms with van der Waals surface area (Å²) in [6, 6.07) is 0. The fourth-order valence-electron chi connectivity index (χ4n) is 5.26. The molecular weight excluding hydrogens is 328 g/mol. The third-order valence-corrected chi connectivity index (χ3v) is 7.45. The summed E-state index contributed by atoms with van der Waals surface area (Å²) in [5.41, 5.74) is -5.72. The molecule has 0 amide bonds. The van der Waals surface area contributed by atoms with Crippen molar-refractivity contribution in [2.45, 2.75) is 92.9 Å². The van der Waals surface area contributed by atoms with Gasteiger partial charge in [-0.2, -0.15) is 17.6 Å². The van der Waals surface area contributed by atoms with Crippen molar-refractivity contribution in [2.75, 3.05) is 6.61 Å². The van der Waals surface area contributed by atoms with Gasteiger partial charge in [-0.05, 0) is 69.6 Å². The minimum atomic E-state index is -4.46. The second-order valence-electron chi connectivity index (χ2n) is 8.69. The van der Waals surface area contributed by atoms with Gasteiger partial charge >= 0.3 is 11.8 Å². The first-order valence-corrected chi connectivity index (χ1v) is 8.84. The lowest BCUT2D eigenvalue weighted by Gasteiger charge is -2.59. The van der Waals surface area contributed by atoms with E-state index in [0.29, 0.717) is 38.5 Å². The quantitative estimate of drug-likeness (QED) is 0.766. The molecule has 6 saturated carbocycles. The maximum Gasteiger partial charge on any atom is 0.341 e. The van der Waals surface area contributed by atoms with Crippen molar-refractivity contribution in [3.05, 3.63) is 0 Å². The van der Waals surface area contributed by atoms with Crippen molar-refractivity contribution in [3.8, 4) is 0 Å². The van der Waals surface area contributed by atoms with Crippen molar-refractivity contribution < 1.29 is 32.5 Å². The number of halogens is 4. The van der Waals surface area contributed by atoms with E-state index in [1.165, 1.54) is 0 Å².